The molecule has 0 amide bonds. The Hall–Kier alpha value is -1.62. The summed E-state index contributed by atoms with van der Waals surface area (Å²) in [6.45, 7) is 0. The van der Waals surface area contributed by atoms with Crippen LogP contribution in [0.25, 0.3) is 11.4 Å². The molecule has 5 heteroatoms. The van der Waals surface area contributed by atoms with Gasteiger partial charge in [-0.25, -0.2) is 0 Å². The fourth-order valence-electron chi connectivity index (χ4n) is 2.50. The average Bonchev–Trinajstić information content (AvgIpc) is 3.09. The molecule has 1 aliphatic carbocycles. The summed E-state index contributed by atoms with van der Waals surface area (Å²) >= 11 is 0. The number of nitrogens with one attached hydrogen (secondary N) is 1. The molecular weight excluding hydrogens is 218 g/mol. The minimum Gasteiger partial charge on any atom is -0.472 e. The van der Waals surface area contributed by atoms with Crippen LogP contribution in [0.3, 0.4) is 0 Å². The van der Waals surface area contributed by atoms with Crippen LogP contribution in [0.2, 0.25) is 0 Å². The molecule has 0 radical (unpaired) electrons. The highest BCUT2D eigenvalue weighted by Gasteiger charge is 2.31. The zero-order valence-corrected chi connectivity index (χ0v) is 9.72. The lowest BCUT2D eigenvalue weighted by molar-refractivity contribution is 0.335. The van der Waals surface area contributed by atoms with E-state index in [4.69, 9.17) is 8.94 Å². The van der Waals surface area contributed by atoms with Crippen molar-refractivity contribution in [2.24, 2.45) is 0 Å². The van der Waals surface area contributed by atoms with Crippen LogP contribution in [-0.4, -0.2) is 23.2 Å². The fraction of sp³-hybridized carbons (Fsp3) is 0.500. The minimum absolute atomic E-state index is 0.341. The van der Waals surface area contributed by atoms with E-state index >= 15 is 0 Å². The molecule has 0 saturated heterocycles. The maximum absolute atomic E-state index is 5.36. The first-order valence-electron chi connectivity index (χ1n) is 5.92. The van der Waals surface area contributed by atoms with E-state index in [-0.39, 0.29) is 0 Å². The topological polar surface area (TPSA) is 64.1 Å². The Morgan fingerprint density at radius 1 is 1.41 bits per heavy atom. The molecule has 90 valence electrons. The first-order valence-corrected chi connectivity index (χ1v) is 5.92. The third kappa shape index (κ3) is 1.86. The van der Waals surface area contributed by atoms with Crippen LogP contribution in [0.4, 0.5) is 0 Å². The molecule has 17 heavy (non-hydrogen) atoms. The van der Waals surface area contributed by atoms with Crippen molar-refractivity contribution in [2.45, 2.75) is 31.2 Å². The van der Waals surface area contributed by atoms with Crippen molar-refractivity contribution in [1.29, 1.82) is 0 Å². The summed E-state index contributed by atoms with van der Waals surface area (Å²) in [7, 11) is 1.98. The van der Waals surface area contributed by atoms with Crippen LogP contribution in [0.15, 0.2) is 27.5 Å². The maximum atomic E-state index is 5.36. The highest BCUT2D eigenvalue weighted by molar-refractivity contribution is 5.51. The number of nitrogens with zero attached hydrogens (tertiary/aromatic N) is 2. The Kier molecular flexibility index (Phi) is 2.68. The Labute approximate surface area is 99.2 Å². The number of hydrogen-bond donors (Lipinski definition) is 1. The monoisotopic (exact) mass is 233 g/mol. The molecule has 1 N–H and O–H groups in total. The molecule has 1 saturated carbocycles. The summed E-state index contributed by atoms with van der Waals surface area (Å²) in [5, 5.41) is 7.31. The highest BCUT2D eigenvalue weighted by Crippen LogP contribution is 2.34. The van der Waals surface area contributed by atoms with Crippen LogP contribution >= 0.6 is 0 Å². The van der Waals surface area contributed by atoms with Gasteiger partial charge in [0.1, 0.15) is 6.26 Å². The van der Waals surface area contributed by atoms with Crippen LogP contribution in [-0.2, 0) is 0 Å². The smallest absolute Gasteiger partial charge is 0.231 e. The standard InChI is InChI=1S/C12H15N3O2/c1-13-10-4-2-3-9(10)12-14-11(15-17-12)8-5-6-16-7-8/h5-7,9-10,13H,2-4H2,1H3. The van der Waals surface area contributed by atoms with Crippen molar-refractivity contribution in [1.82, 2.24) is 15.5 Å². The molecule has 1 fully saturated rings. The van der Waals surface area contributed by atoms with Gasteiger partial charge in [0.25, 0.3) is 0 Å². The van der Waals surface area contributed by atoms with E-state index in [0.717, 1.165) is 17.9 Å². The minimum atomic E-state index is 0.341. The quantitative estimate of drug-likeness (QED) is 0.880. The largest absolute Gasteiger partial charge is 0.472 e. The van der Waals surface area contributed by atoms with Crippen LogP contribution in [0.5, 0.6) is 0 Å². The highest BCUT2D eigenvalue weighted by atomic mass is 16.5. The van der Waals surface area contributed by atoms with Gasteiger partial charge < -0.3 is 14.3 Å². The molecule has 0 bridgehead atoms. The molecule has 2 atom stereocenters. The van der Waals surface area contributed by atoms with Crippen molar-refractivity contribution in [3.8, 4) is 11.4 Å². The van der Waals surface area contributed by atoms with Gasteiger partial charge in [0.15, 0.2) is 0 Å². The Balaban J connectivity index is 1.85. The van der Waals surface area contributed by atoms with E-state index in [1.807, 2.05) is 13.1 Å². The second-order valence-electron chi connectivity index (χ2n) is 4.40. The van der Waals surface area contributed by atoms with Gasteiger partial charge in [-0.15, -0.1) is 0 Å². The normalized spacial score (nSPS) is 24.3. The number of likely N-dealkylation sites (N-methyl/N-ethyl adjacent to an activating group) is 1. The summed E-state index contributed by atoms with van der Waals surface area (Å²) in [4.78, 5) is 4.46. The van der Waals surface area contributed by atoms with Crippen molar-refractivity contribution in [3.05, 3.63) is 24.5 Å². The lowest BCUT2D eigenvalue weighted by Crippen LogP contribution is -2.27. The summed E-state index contributed by atoms with van der Waals surface area (Å²) in [6.07, 6.45) is 6.72. The number of rotatable bonds is 3. The van der Waals surface area contributed by atoms with Gasteiger partial charge in [0.05, 0.1) is 17.7 Å². The van der Waals surface area contributed by atoms with Gasteiger partial charge in [0.2, 0.25) is 11.7 Å². The predicted octanol–water partition coefficient (Wildman–Crippen LogP) is 2.19. The molecule has 2 aromatic rings. The number of hydrogen-bond acceptors (Lipinski definition) is 5. The predicted molar refractivity (Wildman–Crippen MR) is 61.4 cm³/mol. The van der Waals surface area contributed by atoms with Crippen LogP contribution in [0.1, 0.15) is 31.1 Å². The van der Waals surface area contributed by atoms with Gasteiger partial charge in [-0.2, -0.15) is 4.98 Å². The van der Waals surface area contributed by atoms with Crippen LogP contribution < -0.4 is 5.32 Å². The first kappa shape index (κ1) is 10.5. The third-order valence-electron chi connectivity index (χ3n) is 3.43. The second-order valence-corrected chi connectivity index (χ2v) is 4.40. The molecule has 0 aliphatic heterocycles. The molecule has 0 spiro atoms. The molecule has 2 heterocycles. The van der Waals surface area contributed by atoms with Gasteiger partial charge in [-0.3, -0.25) is 0 Å². The first-order chi connectivity index (χ1) is 8.38. The van der Waals surface area contributed by atoms with Gasteiger partial charge in [-0.05, 0) is 26.0 Å². The zero-order chi connectivity index (χ0) is 11.7. The maximum Gasteiger partial charge on any atom is 0.231 e. The van der Waals surface area contributed by atoms with E-state index in [1.54, 1.807) is 12.5 Å². The SMILES string of the molecule is CNC1CCCC1c1nc(-c2ccoc2)no1. The van der Waals surface area contributed by atoms with E-state index in [2.05, 4.69) is 15.5 Å². The summed E-state index contributed by atoms with van der Waals surface area (Å²) in [5.74, 6) is 1.68. The lowest BCUT2D eigenvalue weighted by atomic mass is 10.0. The van der Waals surface area contributed by atoms with E-state index in [0.29, 0.717) is 17.8 Å². The van der Waals surface area contributed by atoms with Gasteiger partial charge >= 0.3 is 0 Å². The van der Waals surface area contributed by atoms with E-state index in [9.17, 15) is 0 Å². The zero-order valence-electron chi connectivity index (χ0n) is 9.72. The summed E-state index contributed by atoms with van der Waals surface area (Å²) in [5.41, 5.74) is 0.860. The Bertz CT molecular complexity index is 478. The Morgan fingerprint density at radius 3 is 3.12 bits per heavy atom. The van der Waals surface area contributed by atoms with Gasteiger partial charge in [0, 0.05) is 6.04 Å². The number of aromatic nitrogens is 2. The van der Waals surface area contributed by atoms with Crippen molar-refractivity contribution >= 4 is 0 Å². The fourth-order valence-corrected chi connectivity index (χ4v) is 2.50. The van der Waals surface area contributed by atoms with Crippen molar-refractivity contribution in [2.75, 3.05) is 7.05 Å². The third-order valence-corrected chi connectivity index (χ3v) is 3.43. The Morgan fingerprint density at radius 2 is 2.35 bits per heavy atom. The molecular formula is C12H15N3O2. The van der Waals surface area contributed by atoms with Crippen LogP contribution in [0, 0.1) is 0 Å². The molecule has 1 aliphatic rings. The molecule has 3 rings (SSSR count). The van der Waals surface area contributed by atoms with Crippen molar-refractivity contribution in [3.63, 3.8) is 0 Å². The van der Waals surface area contributed by atoms with E-state index < -0.39 is 0 Å². The summed E-state index contributed by atoms with van der Waals surface area (Å²) in [6, 6.07) is 2.28. The number of furan rings is 1. The molecule has 2 aromatic heterocycles. The average molecular weight is 233 g/mol. The summed E-state index contributed by atoms with van der Waals surface area (Å²) < 4.78 is 10.4. The molecule has 5 nitrogen and oxygen atoms in total. The van der Waals surface area contributed by atoms with Gasteiger partial charge in [-0.1, -0.05) is 11.6 Å². The van der Waals surface area contributed by atoms with E-state index in [1.165, 1.54) is 12.8 Å². The lowest BCUT2D eigenvalue weighted by Gasteiger charge is -2.14. The molecule has 2 unspecified atom stereocenters. The van der Waals surface area contributed by atoms with Crippen molar-refractivity contribution < 1.29 is 8.94 Å². The molecule has 0 aromatic carbocycles. The second kappa shape index (κ2) is 4.33.